The number of hydrogen-bond donors (Lipinski definition) is 2. The summed E-state index contributed by atoms with van der Waals surface area (Å²) in [5.41, 5.74) is 5.70. The first-order valence-electron chi connectivity index (χ1n) is 5.12. The van der Waals surface area contributed by atoms with E-state index in [0.717, 1.165) is 11.3 Å². The summed E-state index contributed by atoms with van der Waals surface area (Å²) < 4.78 is 5.06. The molecule has 1 heterocycles. The summed E-state index contributed by atoms with van der Waals surface area (Å²) in [6, 6.07) is 0. The number of nitrogens with one attached hydrogen (secondary N) is 1. The molecule has 0 unspecified atom stereocenters. The van der Waals surface area contributed by atoms with Crippen molar-refractivity contribution in [3.63, 3.8) is 0 Å². The number of amides is 1. The van der Waals surface area contributed by atoms with Gasteiger partial charge in [0.15, 0.2) is 5.13 Å². The topological polar surface area (TPSA) is 94.3 Å². The molecule has 0 aliphatic rings. The number of nitrogens with two attached hydrogens (primary N) is 1. The van der Waals surface area contributed by atoms with Gasteiger partial charge in [-0.15, -0.1) is 0 Å². The number of thiazole rings is 1. The van der Waals surface area contributed by atoms with Gasteiger partial charge in [-0.1, -0.05) is 11.3 Å². The zero-order valence-electron chi connectivity index (χ0n) is 9.94. The van der Waals surface area contributed by atoms with Gasteiger partial charge in [0.2, 0.25) is 5.91 Å². The van der Waals surface area contributed by atoms with Gasteiger partial charge in [0.1, 0.15) is 4.88 Å². The normalized spacial score (nSPS) is 10.4. The summed E-state index contributed by atoms with van der Waals surface area (Å²) in [5.74, 6) is -0.772. The van der Waals surface area contributed by atoms with Crippen LogP contribution < -0.4 is 11.1 Å². The van der Waals surface area contributed by atoms with Crippen molar-refractivity contribution < 1.29 is 14.3 Å². The molecule has 0 bridgehead atoms. The lowest BCUT2D eigenvalue weighted by molar-refractivity contribution is -0.114. The second-order valence-electron chi connectivity index (χ2n) is 3.64. The van der Waals surface area contributed by atoms with Crippen LogP contribution in [0.15, 0.2) is 0 Å². The highest BCUT2D eigenvalue weighted by molar-refractivity contribution is 7.17. The molecule has 1 aromatic rings. The van der Waals surface area contributed by atoms with Gasteiger partial charge in [-0.05, 0) is 20.8 Å². The summed E-state index contributed by atoms with van der Waals surface area (Å²) in [6.07, 6.45) is -0.189. The standard InChI is InChI=1S/C10H15N3O3S/c1-5(2)16-9(15)8-6(3)12-10(17-8)13-7(14)4-11/h5H,4,11H2,1-3H3,(H,12,13,14). The molecule has 0 saturated heterocycles. The predicted octanol–water partition coefficient (Wildman–Crippen LogP) is 0.914. The second kappa shape index (κ2) is 5.74. The van der Waals surface area contributed by atoms with Gasteiger partial charge < -0.3 is 15.8 Å². The Morgan fingerprint density at radius 2 is 2.18 bits per heavy atom. The smallest absolute Gasteiger partial charge is 0.350 e. The van der Waals surface area contributed by atoms with Crippen molar-refractivity contribution in [3.05, 3.63) is 10.6 Å². The average Bonchev–Trinajstić information content (AvgIpc) is 2.58. The summed E-state index contributed by atoms with van der Waals surface area (Å²) in [7, 11) is 0. The minimum absolute atomic E-state index is 0.121. The lowest BCUT2D eigenvalue weighted by Crippen LogP contribution is -2.21. The van der Waals surface area contributed by atoms with E-state index >= 15 is 0 Å². The van der Waals surface area contributed by atoms with Crippen molar-refractivity contribution in [2.24, 2.45) is 5.73 Å². The molecule has 94 valence electrons. The van der Waals surface area contributed by atoms with Gasteiger partial charge in [-0.2, -0.15) is 0 Å². The number of carbonyl (C=O) groups excluding carboxylic acids is 2. The van der Waals surface area contributed by atoms with E-state index in [9.17, 15) is 9.59 Å². The molecule has 6 nitrogen and oxygen atoms in total. The molecule has 0 radical (unpaired) electrons. The molecule has 0 fully saturated rings. The molecule has 1 rings (SSSR count). The van der Waals surface area contributed by atoms with Crippen molar-refractivity contribution in [1.29, 1.82) is 0 Å². The summed E-state index contributed by atoms with van der Waals surface area (Å²) >= 11 is 1.08. The quantitative estimate of drug-likeness (QED) is 0.782. The van der Waals surface area contributed by atoms with Crippen LogP contribution in [0.1, 0.15) is 29.2 Å². The maximum atomic E-state index is 11.7. The lowest BCUT2D eigenvalue weighted by Gasteiger charge is -2.05. The van der Waals surface area contributed by atoms with E-state index in [4.69, 9.17) is 10.5 Å². The van der Waals surface area contributed by atoms with Crippen LogP contribution in [0.4, 0.5) is 5.13 Å². The number of nitrogens with zero attached hydrogens (tertiary/aromatic N) is 1. The molecule has 0 atom stereocenters. The maximum absolute atomic E-state index is 11.7. The van der Waals surface area contributed by atoms with E-state index in [0.29, 0.717) is 15.7 Å². The van der Waals surface area contributed by atoms with Crippen molar-refractivity contribution in [1.82, 2.24) is 4.98 Å². The lowest BCUT2D eigenvalue weighted by atomic mass is 10.4. The van der Waals surface area contributed by atoms with Crippen molar-refractivity contribution in [2.45, 2.75) is 26.9 Å². The third-order valence-corrected chi connectivity index (χ3v) is 2.81. The van der Waals surface area contributed by atoms with Crippen LogP contribution in [0, 0.1) is 6.92 Å². The van der Waals surface area contributed by atoms with Crippen LogP contribution >= 0.6 is 11.3 Å². The molecule has 7 heteroatoms. The number of hydrogen-bond acceptors (Lipinski definition) is 6. The fraction of sp³-hybridized carbons (Fsp3) is 0.500. The number of esters is 1. The minimum Gasteiger partial charge on any atom is -0.459 e. The van der Waals surface area contributed by atoms with Crippen LogP contribution in [0.5, 0.6) is 0 Å². The number of carbonyl (C=O) groups is 2. The molecule has 1 amide bonds. The third-order valence-electron chi connectivity index (χ3n) is 1.76. The van der Waals surface area contributed by atoms with Crippen molar-refractivity contribution >= 4 is 28.3 Å². The summed E-state index contributed by atoms with van der Waals surface area (Å²) in [5, 5.41) is 2.85. The van der Waals surface area contributed by atoms with Crippen LogP contribution in [0.25, 0.3) is 0 Å². The molecular formula is C10H15N3O3S. The largest absolute Gasteiger partial charge is 0.459 e. The molecule has 0 saturated carbocycles. The number of aryl methyl sites for hydroxylation is 1. The first-order valence-corrected chi connectivity index (χ1v) is 5.94. The summed E-state index contributed by atoms with van der Waals surface area (Å²) in [4.78, 5) is 27.2. The third kappa shape index (κ3) is 3.79. The fourth-order valence-corrected chi connectivity index (χ4v) is 1.94. The van der Waals surface area contributed by atoms with E-state index in [1.165, 1.54) is 0 Å². The first-order chi connectivity index (χ1) is 7.93. The number of ether oxygens (including phenoxy) is 1. The molecule has 3 N–H and O–H groups in total. The van der Waals surface area contributed by atoms with E-state index in [-0.39, 0.29) is 18.6 Å². The molecule has 0 aliphatic heterocycles. The number of anilines is 1. The zero-order chi connectivity index (χ0) is 13.0. The van der Waals surface area contributed by atoms with Crippen molar-refractivity contribution in [2.75, 3.05) is 11.9 Å². The van der Waals surface area contributed by atoms with Crippen LogP contribution in [-0.2, 0) is 9.53 Å². The van der Waals surface area contributed by atoms with Crippen LogP contribution in [0.2, 0.25) is 0 Å². The Balaban J connectivity index is 2.81. The Morgan fingerprint density at radius 1 is 1.53 bits per heavy atom. The molecular weight excluding hydrogens is 242 g/mol. The van der Waals surface area contributed by atoms with Gasteiger partial charge in [-0.25, -0.2) is 9.78 Å². The van der Waals surface area contributed by atoms with Crippen molar-refractivity contribution in [3.8, 4) is 0 Å². The molecule has 0 aliphatic carbocycles. The molecule has 1 aromatic heterocycles. The Bertz CT molecular complexity index is 428. The second-order valence-corrected chi connectivity index (χ2v) is 4.64. The Labute approximate surface area is 103 Å². The first kappa shape index (κ1) is 13.6. The highest BCUT2D eigenvalue weighted by atomic mass is 32.1. The van der Waals surface area contributed by atoms with Gasteiger partial charge in [0, 0.05) is 0 Å². The monoisotopic (exact) mass is 257 g/mol. The fourth-order valence-electron chi connectivity index (χ4n) is 1.08. The van der Waals surface area contributed by atoms with Gasteiger partial charge in [0.25, 0.3) is 0 Å². The number of rotatable bonds is 4. The molecule has 0 aromatic carbocycles. The predicted molar refractivity (Wildman–Crippen MR) is 65.1 cm³/mol. The maximum Gasteiger partial charge on any atom is 0.350 e. The van der Waals surface area contributed by atoms with E-state index in [1.54, 1.807) is 20.8 Å². The molecule has 17 heavy (non-hydrogen) atoms. The van der Waals surface area contributed by atoms with E-state index < -0.39 is 5.97 Å². The zero-order valence-corrected chi connectivity index (χ0v) is 10.8. The van der Waals surface area contributed by atoms with Crippen LogP contribution in [-0.4, -0.2) is 29.5 Å². The van der Waals surface area contributed by atoms with Gasteiger partial charge in [-0.3, -0.25) is 4.79 Å². The van der Waals surface area contributed by atoms with E-state index in [1.807, 2.05) is 0 Å². The Hall–Kier alpha value is -1.47. The minimum atomic E-state index is -0.428. The highest BCUT2D eigenvalue weighted by Gasteiger charge is 2.18. The Morgan fingerprint density at radius 3 is 2.71 bits per heavy atom. The van der Waals surface area contributed by atoms with E-state index in [2.05, 4.69) is 10.3 Å². The van der Waals surface area contributed by atoms with Gasteiger partial charge >= 0.3 is 5.97 Å². The SMILES string of the molecule is Cc1nc(NC(=O)CN)sc1C(=O)OC(C)C. The summed E-state index contributed by atoms with van der Waals surface area (Å²) in [6.45, 7) is 5.10. The van der Waals surface area contributed by atoms with Gasteiger partial charge in [0.05, 0.1) is 18.3 Å². The molecule has 0 spiro atoms. The highest BCUT2D eigenvalue weighted by Crippen LogP contribution is 2.23. The average molecular weight is 257 g/mol. The number of aromatic nitrogens is 1. The van der Waals surface area contributed by atoms with Crippen LogP contribution in [0.3, 0.4) is 0 Å². The Kier molecular flexibility index (Phi) is 4.59.